The maximum atomic E-state index is 6.71. The Labute approximate surface area is 139 Å². The molecule has 0 aliphatic rings. The predicted molar refractivity (Wildman–Crippen MR) is 103 cm³/mol. The van der Waals surface area contributed by atoms with Gasteiger partial charge in [0.25, 0.3) is 0 Å². The molecule has 0 aliphatic heterocycles. The van der Waals surface area contributed by atoms with E-state index in [9.17, 15) is 0 Å². The van der Waals surface area contributed by atoms with Gasteiger partial charge in [0.1, 0.15) is 0 Å². The van der Waals surface area contributed by atoms with Gasteiger partial charge in [-0.1, -0.05) is 0 Å². The third kappa shape index (κ3) is 2.51. The van der Waals surface area contributed by atoms with E-state index in [0.717, 1.165) is 0 Å². The molecule has 0 N–H and O–H groups in total. The zero-order chi connectivity index (χ0) is 16.2. The minimum absolute atomic E-state index is 0.674. The van der Waals surface area contributed by atoms with Crippen LogP contribution in [0.5, 0.6) is 0 Å². The number of rotatable bonds is 5. The molecule has 23 heavy (non-hydrogen) atoms. The fourth-order valence-corrected chi connectivity index (χ4v) is 8.01. The summed E-state index contributed by atoms with van der Waals surface area (Å²) in [6.45, 7) is 2.14. The van der Waals surface area contributed by atoms with Gasteiger partial charge in [0.15, 0.2) is 0 Å². The average molecular weight is 322 g/mol. The molecule has 0 amide bonds. The van der Waals surface area contributed by atoms with Crippen molar-refractivity contribution in [3.8, 4) is 0 Å². The van der Waals surface area contributed by atoms with E-state index in [1.165, 1.54) is 15.9 Å². The van der Waals surface area contributed by atoms with Crippen LogP contribution >= 0.6 is 6.83 Å². The van der Waals surface area contributed by atoms with Gasteiger partial charge in [-0.3, -0.25) is 0 Å². The SMILES string of the molecule is CCOP(C)(c1ccccc1)(c1ccccc1)c1ccccc1. The Morgan fingerprint density at radius 3 is 1.17 bits per heavy atom. The van der Waals surface area contributed by atoms with E-state index in [-0.39, 0.29) is 0 Å². The first kappa shape index (κ1) is 15.9. The van der Waals surface area contributed by atoms with Crippen LogP contribution in [0.15, 0.2) is 91.0 Å². The van der Waals surface area contributed by atoms with E-state index in [2.05, 4.69) is 105 Å². The minimum atomic E-state index is -2.93. The molecule has 0 aromatic heterocycles. The molecule has 2 heteroatoms. The second-order valence-electron chi connectivity index (χ2n) is 5.89. The van der Waals surface area contributed by atoms with E-state index >= 15 is 0 Å². The summed E-state index contributed by atoms with van der Waals surface area (Å²) in [6, 6.07) is 32.0. The first-order valence-electron chi connectivity index (χ1n) is 8.03. The molecule has 0 bridgehead atoms. The maximum absolute atomic E-state index is 6.71. The van der Waals surface area contributed by atoms with Crippen molar-refractivity contribution < 1.29 is 4.52 Å². The van der Waals surface area contributed by atoms with Crippen LogP contribution in [0.1, 0.15) is 6.92 Å². The van der Waals surface area contributed by atoms with Gasteiger partial charge in [0, 0.05) is 0 Å². The standard InChI is InChI=1S/C21H23OP/c1-3-22-23(2,19-13-7-4-8-14-19,20-15-9-5-10-16-20)21-17-11-6-12-18-21/h4-18H,3H2,1-2H3. The number of hydrogen-bond acceptors (Lipinski definition) is 1. The molecule has 3 rings (SSSR count). The van der Waals surface area contributed by atoms with Gasteiger partial charge in [-0.2, -0.15) is 0 Å². The third-order valence-electron chi connectivity index (χ3n) is 4.59. The van der Waals surface area contributed by atoms with E-state index in [1.807, 2.05) is 0 Å². The van der Waals surface area contributed by atoms with Crippen molar-refractivity contribution in [3.63, 3.8) is 0 Å². The molecule has 3 aromatic carbocycles. The topological polar surface area (TPSA) is 9.23 Å². The summed E-state index contributed by atoms with van der Waals surface area (Å²) in [5.41, 5.74) is 0. The van der Waals surface area contributed by atoms with E-state index in [4.69, 9.17) is 4.52 Å². The van der Waals surface area contributed by atoms with Crippen molar-refractivity contribution in [2.45, 2.75) is 6.92 Å². The van der Waals surface area contributed by atoms with Crippen LogP contribution in [0.3, 0.4) is 0 Å². The molecule has 0 atom stereocenters. The Balaban J connectivity index is 2.41. The molecule has 0 spiro atoms. The van der Waals surface area contributed by atoms with Crippen molar-refractivity contribution in [2.75, 3.05) is 13.3 Å². The van der Waals surface area contributed by atoms with E-state index < -0.39 is 6.83 Å². The second kappa shape index (κ2) is 6.28. The molecule has 0 aliphatic carbocycles. The van der Waals surface area contributed by atoms with Crippen molar-refractivity contribution in [2.24, 2.45) is 0 Å². The molecule has 0 saturated heterocycles. The van der Waals surface area contributed by atoms with Crippen LogP contribution in [0, 0.1) is 0 Å². The summed E-state index contributed by atoms with van der Waals surface area (Å²) in [5, 5.41) is 3.79. The molecular weight excluding hydrogens is 299 g/mol. The van der Waals surface area contributed by atoms with Crippen LogP contribution < -0.4 is 15.9 Å². The van der Waals surface area contributed by atoms with Crippen LogP contribution in [0.4, 0.5) is 0 Å². The van der Waals surface area contributed by atoms with Crippen molar-refractivity contribution in [3.05, 3.63) is 91.0 Å². The van der Waals surface area contributed by atoms with Crippen molar-refractivity contribution in [1.29, 1.82) is 0 Å². The molecule has 0 fully saturated rings. The van der Waals surface area contributed by atoms with Gasteiger partial charge in [0.2, 0.25) is 0 Å². The Bertz CT molecular complexity index is 654. The number of benzene rings is 3. The molecule has 1 nitrogen and oxygen atoms in total. The van der Waals surface area contributed by atoms with Gasteiger partial charge >= 0.3 is 138 Å². The van der Waals surface area contributed by atoms with E-state index in [0.29, 0.717) is 6.61 Å². The summed E-state index contributed by atoms with van der Waals surface area (Å²) in [5.74, 6) is 0. The summed E-state index contributed by atoms with van der Waals surface area (Å²) < 4.78 is 6.71. The van der Waals surface area contributed by atoms with Gasteiger partial charge in [0.05, 0.1) is 0 Å². The van der Waals surface area contributed by atoms with Gasteiger partial charge < -0.3 is 0 Å². The zero-order valence-electron chi connectivity index (χ0n) is 13.7. The predicted octanol–water partition coefficient (Wildman–Crippen LogP) is 4.10. The van der Waals surface area contributed by atoms with Crippen LogP contribution in [0.2, 0.25) is 0 Å². The zero-order valence-corrected chi connectivity index (χ0v) is 14.6. The van der Waals surface area contributed by atoms with Gasteiger partial charge in [-0.25, -0.2) is 0 Å². The Kier molecular flexibility index (Phi) is 4.35. The summed E-state index contributed by atoms with van der Waals surface area (Å²) in [6.07, 6.45) is 0. The Morgan fingerprint density at radius 2 is 0.913 bits per heavy atom. The molecular formula is C21H23OP. The molecule has 3 aromatic rings. The van der Waals surface area contributed by atoms with Crippen molar-refractivity contribution in [1.82, 2.24) is 0 Å². The fraction of sp³-hybridized carbons (Fsp3) is 0.143. The molecule has 0 radical (unpaired) electrons. The van der Waals surface area contributed by atoms with Gasteiger partial charge in [-0.15, -0.1) is 0 Å². The van der Waals surface area contributed by atoms with Crippen LogP contribution in [-0.2, 0) is 4.52 Å². The average Bonchev–Trinajstić information content (AvgIpc) is 2.64. The quantitative estimate of drug-likeness (QED) is 0.643. The molecule has 118 valence electrons. The summed E-state index contributed by atoms with van der Waals surface area (Å²) in [4.78, 5) is 0. The molecule has 0 saturated carbocycles. The van der Waals surface area contributed by atoms with Crippen LogP contribution in [-0.4, -0.2) is 13.3 Å². The third-order valence-corrected chi connectivity index (χ3v) is 10.1. The Morgan fingerprint density at radius 1 is 0.609 bits per heavy atom. The summed E-state index contributed by atoms with van der Waals surface area (Å²) in [7, 11) is 0. The fourth-order valence-electron chi connectivity index (χ4n) is 3.35. The number of hydrogen-bond donors (Lipinski definition) is 0. The Hall–Kier alpha value is -1.95. The first-order chi connectivity index (χ1) is 11.2. The van der Waals surface area contributed by atoms with E-state index in [1.54, 1.807) is 0 Å². The van der Waals surface area contributed by atoms with Crippen molar-refractivity contribution >= 4 is 22.7 Å². The van der Waals surface area contributed by atoms with Crippen LogP contribution in [0.25, 0.3) is 0 Å². The molecule has 0 unspecified atom stereocenters. The second-order valence-corrected chi connectivity index (χ2v) is 10.6. The molecule has 0 heterocycles. The first-order valence-corrected chi connectivity index (χ1v) is 10.6. The summed E-state index contributed by atoms with van der Waals surface area (Å²) >= 11 is 0. The van der Waals surface area contributed by atoms with Gasteiger partial charge in [-0.05, 0) is 0 Å². The normalized spacial score (nSPS) is 13.2. The monoisotopic (exact) mass is 322 g/mol.